The molecule has 0 fully saturated rings. The van der Waals surface area contributed by atoms with E-state index in [4.69, 9.17) is 11.6 Å². The van der Waals surface area contributed by atoms with Crippen molar-refractivity contribution in [2.45, 2.75) is 0 Å². The van der Waals surface area contributed by atoms with Crippen molar-refractivity contribution in [3.63, 3.8) is 0 Å². The van der Waals surface area contributed by atoms with E-state index >= 15 is 0 Å². The van der Waals surface area contributed by atoms with E-state index in [0.717, 1.165) is 11.0 Å². The average molecular weight is 232 g/mol. The molecule has 56 valence electrons. The maximum Gasteiger partial charge on any atom is 0.201 e. The highest BCUT2D eigenvalue weighted by molar-refractivity contribution is 9.10. The topological polar surface area (TPSA) is 41.6 Å². The maximum atomic E-state index is 5.64. The minimum Gasteiger partial charge on any atom is -0.328 e. The molecule has 0 saturated carbocycles. The summed E-state index contributed by atoms with van der Waals surface area (Å²) in [4.78, 5) is 10.9. The van der Waals surface area contributed by atoms with Gasteiger partial charge in [-0.05, 0) is 33.6 Å². The Morgan fingerprint density at radius 2 is 2.36 bits per heavy atom. The molecule has 0 aliphatic carbocycles. The number of rotatable bonds is 0. The van der Waals surface area contributed by atoms with Crippen LogP contribution < -0.4 is 0 Å². The third-order valence-electron chi connectivity index (χ3n) is 1.33. The van der Waals surface area contributed by atoms with Crippen molar-refractivity contribution < 1.29 is 0 Å². The summed E-state index contributed by atoms with van der Waals surface area (Å²) >= 11 is 8.90. The third kappa shape index (κ3) is 1.12. The Hall–Kier alpha value is -0.610. The molecule has 2 heterocycles. The Labute approximate surface area is 75.9 Å². The summed E-state index contributed by atoms with van der Waals surface area (Å²) in [5, 5.41) is 0.383. The second kappa shape index (κ2) is 2.46. The molecule has 0 saturated heterocycles. The predicted molar refractivity (Wildman–Crippen MR) is 46.6 cm³/mol. The lowest BCUT2D eigenvalue weighted by Gasteiger charge is -1.87. The van der Waals surface area contributed by atoms with Crippen molar-refractivity contribution in [1.29, 1.82) is 0 Å². The highest BCUT2D eigenvalue weighted by atomic mass is 79.9. The van der Waals surface area contributed by atoms with Gasteiger partial charge in [-0.2, -0.15) is 0 Å². The van der Waals surface area contributed by atoms with Gasteiger partial charge in [0.25, 0.3) is 0 Å². The summed E-state index contributed by atoms with van der Waals surface area (Å²) in [5.74, 6) is 0. The smallest absolute Gasteiger partial charge is 0.201 e. The molecule has 2 rings (SSSR count). The van der Waals surface area contributed by atoms with Crippen molar-refractivity contribution in [2.75, 3.05) is 0 Å². The molecule has 0 unspecified atom stereocenters. The molecule has 11 heavy (non-hydrogen) atoms. The van der Waals surface area contributed by atoms with Crippen LogP contribution in [0, 0.1) is 0 Å². The first-order chi connectivity index (χ1) is 5.27. The van der Waals surface area contributed by atoms with Crippen LogP contribution in [-0.4, -0.2) is 15.0 Å². The second-order valence-electron chi connectivity index (χ2n) is 2.03. The molecule has 5 heteroatoms. The first-order valence-electron chi connectivity index (χ1n) is 2.93. The summed E-state index contributed by atoms with van der Waals surface area (Å²) in [5.41, 5.74) is 1.65. The van der Waals surface area contributed by atoms with Crippen molar-refractivity contribution in [2.24, 2.45) is 0 Å². The third-order valence-corrected chi connectivity index (χ3v) is 2.09. The van der Waals surface area contributed by atoms with Gasteiger partial charge in [-0.3, -0.25) is 0 Å². The van der Waals surface area contributed by atoms with E-state index < -0.39 is 0 Å². The van der Waals surface area contributed by atoms with Crippen LogP contribution in [0.4, 0.5) is 0 Å². The van der Waals surface area contributed by atoms with E-state index in [9.17, 15) is 0 Å². The van der Waals surface area contributed by atoms with Crippen molar-refractivity contribution in [3.8, 4) is 0 Å². The molecule has 0 atom stereocenters. The van der Waals surface area contributed by atoms with Gasteiger partial charge >= 0.3 is 0 Å². The number of imidazole rings is 1. The number of nitrogens with one attached hydrogen (secondary N) is 1. The number of aromatic nitrogens is 3. The molecular weight excluding hydrogens is 229 g/mol. The minimum atomic E-state index is 0.383. The lowest BCUT2D eigenvalue weighted by atomic mass is 10.4. The molecule has 3 nitrogen and oxygen atoms in total. The van der Waals surface area contributed by atoms with Gasteiger partial charge < -0.3 is 4.98 Å². The molecule has 0 aliphatic heterocycles. The Bertz CT molecular complexity index is 398. The second-order valence-corrected chi connectivity index (χ2v) is 3.13. The normalized spacial score (nSPS) is 10.7. The lowest BCUT2D eigenvalue weighted by Crippen LogP contribution is -1.75. The number of hydrogen-bond donors (Lipinski definition) is 1. The molecule has 1 N–H and O–H groups in total. The Morgan fingerprint density at radius 3 is 3.09 bits per heavy atom. The Kier molecular flexibility index (Phi) is 1.58. The van der Waals surface area contributed by atoms with Gasteiger partial charge in [-0.25, -0.2) is 9.97 Å². The molecule has 0 amide bonds. The number of aromatic amines is 1. The van der Waals surface area contributed by atoms with E-state index in [1.807, 2.05) is 6.07 Å². The van der Waals surface area contributed by atoms with Crippen LogP contribution in [0.5, 0.6) is 0 Å². The highest BCUT2D eigenvalue weighted by Crippen LogP contribution is 2.20. The molecule has 0 spiro atoms. The van der Waals surface area contributed by atoms with Gasteiger partial charge in [-0.15, -0.1) is 0 Å². The molecule has 0 radical (unpaired) electrons. The number of halogens is 2. The monoisotopic (exact) mass is 231 g/mol. The van der Waals surface area contributed by atoms with Crippen molar-refractivity contribution >= 4 is 38.6 Å². The zero-order valence-electron chi connectivity index (χ0n) is 5.31. The molecule has 2 aromatic rings. The maximum absolute atomic E-state index is 5.64. The van der Waals surface area contributed by atoms with Crippen LogP contribution in [0.1, 0.15) is 0 Å². The van der Waals surface area contributed by atoms with Gasteiger partial charge in [0.05, 0.1) is 5.52 Å². The zero-order valence-corrected chi connectivity index (χ0v) is 7.65. The highest BCUT2D eigenvalue weighted by Gasteiger charge is 2.03. The summed E-state index contributed by atoms with van der Waals surface area (Å²) in [6.07, 6.45) is 1.68. The van der Waals surface area contributed by atoms with Gasteiger partial charge in [0.15, 0.2) is 0 Å². The number of pyridine rings is 1. The number of H-pyrrole nitrogens is 1. The zero-order chi connectivity index (χ0) is 7.84. The largest absolute Gasteiger partial charge is 0.328 e. The first kappa shape index (κ1) is 7.06. The van der Waals surface area contributed by atoms with Crippen molar-refractivity contribution in [3.05, 3.63) is 22.1 Å². The van der Waals surface area contributed by atoms with Gasteiger partial charge in [0.1, 0.15) is 10.1 Å². The predicted octanol–water partition coefficient (Wildman–Crippen LogP) is 2.37. The fourth-order valence-corrected chi connectivity index (χ4v) is 1.48. The van der Waals surface area contributed by atoms with Gasteiger partial charge in [0, 0.05) is 6.20 Å². The molecule has 2 aromatic heterocycles. The summed E-state index contributed by atoms with van der Waals surface area (Å²) in [6.45, 7) is 0. The quantitative estimate of drug-likeness (QED) is 0.709. The van der Waals surface area contributed by atoms with E-state index in [1.54, 1.807) is 6.20 Å². The van der Waals surface area contributed by atoms with Crippen LogP contribution >= 0.6 is 27.5 Å². The molecule has 0 bridgehead atoms. The SMILES string of the molecule is Clc1nc2c(Br)nccc2[nH]1. The van der Waals surface area contributed by atoms with Gasteiger partial charge in [0.2, 0.25) is 5.28 Å². The Balaban J connectivity index is 2.90. The number of fused-ring (bicyclic) bond motifs is 1. The van der Waals surface area contributed by atoms with Crippen LogP contribution in [-0.2, 0) is 0 Å². The number of hydrogen-bond acceptors (Lipinski definition) is 2. The van der Waals surface area contributed by atoms with E-state index in [0.29, 0.717) is 9.89 Å². The summed E-state index contributed by atoms with van der Waals surface area (Å²) in [7, 11) is 0. The molecule has 0 aliphatic rings. The van der Waals surface area contributed by atoms with Crippen molar-refractivity contribution in [1.82, 2.24) is 15.0 Å². The van der Waals surface area contributed by atoms with Crippen LogP contribution in [0.15, 0.2) is 16.9 Å². The fourth-order valence-electron chi connectivity index (χ4n) is 0.873. The molecule has 0 aromatic carbocycles. The summed E-state index contributed by atoms with van der Waals surface area (Å²) < 4.78 is 0.707. The fraction of sp³-hybridized carbons (Fsp3) is 0. The first-order valence-corrected chi connectivity index (χ1v) is 4.10. The van der Waals surface area contributed by atoms with Crippen LogP contribution in [0.3, 0.4) is 0 Å². The standard InChI is InChI=1S/C6H3BrClN3/c7-5-4-3(1-2-9-5)10-6(8)11-4/h1-2H,(H,10,11). The minimum absolute atomic E-state index is 0.383. The van der Waals surface area contributed by atoms with E-state index in [1.165, 1.54) is 0 Å². The lowest BCUT2D eigenvalue weighted by molar-refractivity contribution is 1.29. The van der Waals surface area contributed by atoms with Crippen LogP contribution in [0.25, 0.3) is 11.0 Å². The summed E-state index contributed by atoms with van der Waals surface area (Å²) in [6, 6.07) is 1.82. The Morgan fingerprint density at radius 1 is 1.55 bits per heavy atom. The van der Waals surface area contributed by atoms with E-state index in [-0.39, 0.29) is 0 Å². The molecular formula is C6H3BrClN3. The average Bonchev–Trinajstić information content (AvgIpc) is 2.31. The van der Waals surface area contributed by atoms with Crippen LogP contribution in [0.2, 0.25) is 5.28 Å². The van der Waals surface area contributed by atoms with Gasteiger partial charge in [-0.1, -0.05) is 0 Å². The van der Waals surface area contributed by atoms with E-state index in [2.05, 4.69) is 30.9 Å². The number of nitrogens with zero attached hydrogens (tertiary/aromatic N) is 2.